The largest absolute Gasteiger partial charge is 0.477 e. The molecule has 2 heterocycles. The number of anilines is 1. The predicted octanol–water partition coefficient (Wildman–Crippen LogP) is 3.30. The maximum Gasteiger partial charge on any atom is 0.341 e. The number of pyridine rings is 1. The van der Waals surface area contributed by atoms with Crippen molar-refractivity contribution in [3.63, 3.8) is 0 Å². The van der Waals surface area contributed by atoms with Crippen LogP contribution in [0.1, 0.15) is 41.2 Å². The topological polar surface area (TPSA) is 88.6 Å². The van der Waals surface area contributed by atoms with Gasteiger partial charge in [-0.25, -0.2) is 13.6 Å². The number of aromatic nitrogens is 1. The van der Waals surface area contributed by atoms with Crippen molar-refractivity contribution in [3.05, 3.63) is 57.9 Å². The Morgan fingerprint density at radius 1 is 1.26 bits per heavy atom. The average molecular weight is 427 g/mol. The highest BCUT2D eigenvalue weighted by Crippen LogP contribution is 2.43. The fourth-order valence-electron chi connectivity index (χ4n) is 5.13. The van der Waals surface area contributed by atoms with Gasteiger partial charge in [0, 0.05) is 36.9 Å². The Morgan fingerprint density at radius 2 is 2.00 bits per heavy atom. The van der Waals surface area contributed by atoms with Gasteiger partial charge in [0.05, 0.1) is 10.9 Å². The Bertz CT molecular complexity index is 1220. The lowest BCUT2D eigenvalue weighted by atomic mass is 9.83. The van der Waals surface area contributed by atoms with E-state index in [1.807, 2.05) is 12.2 Å². The number of rotatable bonds is 4. The number of hydrogen-bond donors (Lipinski definition) is 2. The summed E-state index contributed by atoms with van der Waals surface area (Å²) in [5.74, 6) is -2.86. The number of aromatic carboxylic acids is 1. The summed E-state index contributed by atoms with van der Waals surface area (Å²) in [6.45, 7) is 4.49. The van der Waals surface area contributed by atoms with E-state index in [0.717, 1.165) is 19.3 Å². The minimum Gasteiger partial charge on any atom is -0.477 e. The first-order valence-corrected chi connectivity index (χ1v) is 10.5. The number of nitrogens with two attached hydrogens (primary N) is 1. The standard InChI is InChI=1S/C23H23F2N3O3/c1-2-13-17-20(28(12-6-7-12)10-15(22(17)29)23(30)31)19(25)21(18(13)24)27-8-11-4-3-5-16(26)14(11)9-27/h2-3,5,10-12,14,16H,1,4,6-9,26H2,(H,30,31). The van der Waals surface area contributed by atoms with Crippen LogP contribution in [0.3, 0.4) is 0 Å². The van der Waals surface area contributed by atoms with Gasteiger partial charge in [0.15, 0.2) is 11.6 Å². The molecule has 2 fully saturated rings. The molecule has 3 aliphatic rings. The highest BCUT2D eigenvalue weighted by molar-refractivity contribution is 5.98. The van der Waals surface area contributed by atoms with Crippen LogP contribution in [0.2, 0.25) is 0 Å². The molecule has 31 heavy (non-hydrogen) atoms. The Kier molecular flexibility index (Phi) is 4.51. The molecule has 1 aromatic heterocycles. The lowest BCUT2D eigenvalue weighted by Crippen LogP contribution is -2.35. The minimum absolute atomic E-state index is 0.0545. The lowest BCUT2D eigenvalue weighted by Gasteiger charge is -2.25. The maximum absolute atomic E-state index is 16.0. The number of allylic oxidation sites excluding steroid dienone is 1. The van der Waals surface area contributed by atoms with Gasteiger partial charge >= 0.3 is 5.97 Å². The van der Waals surface area contributed by atoms with Crippen LogP contribution in [0, 0.1) is 23.5 Å². The first-order valence-electron chi connectivity index (χ1n) is 10.5. The summed E-state index contributed by atoms with van der Waals surface area (Å²) in [4.78, 5) is 26.2. The second-order valence-corrected chi connectivity index (χ2v) is 8.70. The van der Waals surface area contributed by atoms with E-state index in [1.165, 1.54) is 16.8 Å². The molecule has 2 aliphatic carbocycles. The number of hydrogen-bond acceptors (Lipinski definition) is 4. The normalized spacial score (nSPS) is 25.1. The molecule has 8 heteroatoms. The molecule has 1 aromatic carbocycles. The van der Waals surface area contributed by atoms with Crippen LogP contribution in [0.4, 0.5) is 14.5 Å². The molecule has 3 unspecified atom stereocenters. The molecule has 2 aromatic rings. The Labute approximate surface area is 177 Å². The molecule has 6 nitrogen and oxygen atoms in total. The van der Waals surface area contributed by atoms with Crippen LogP contribution in [0.15, 0.2) is 29.7 Å². The van der Waals surface area contributed by atoms with Crippen molar-refractivity contribution < 1.29 is 18.7 Å². The summed E-state index contributed by atoms with van der Waals surface area (Å²) in [6, 6.07) is -0.289. The predicted molar refractivity (Wildman–Crippen MR) is 114 cm³/mol. The highest BCUT2D eigenvalue weighted by atomic mass is 19.1. The van der Waals surface area contributed by atoms with Gasteiger partial charge in [0.1, 0.15) is 11.3 Å². The van der Waals surface area contributed by atoms with Crippen molar-refractivity contribution in [1.82, 2.24) is 4.57 Å². The van der Waals surface area contributed by atoms with Crippen LogP contribution in [0.25, 0.3) is 17.0 Å². The van der Waals surface area contributed by atoms with E-state index in [4.69, 9.17) is 5.73 Å². The van der Waals surface area contributed by atoms with Gasteiger partial charge in [-0.05, 0) is 31.1 Å². The Hall–Kier alpha value is -3.00. The fourth-order valence-corrected chi connectivity index (χ4v) is 5.13. The molecule has 0 amide bonds. The highest BCUT2D eigenvalue weighted by Gasteiger charge is 2.40. The zero-order valence-corrected chi connectivity index (χ0v) is 16.9. The number of carboxylic acid groups (broad SMARTS) is 1. The fraction of sp³-hybridized carbons (Fsp3) is 0.391. The van der Waals surface area contributed by atoms with Crippen molar-refractivity contribution in [3.8, 4) is 0 Å². The first-order chi connectivity index (χ1) is 14.8. The summed E-state index contributed by atoms with van der Waals surface area (Å²) in [5.41, 5.74) is 4.39. The van der Waals surface area contributed by atoms with Gasteiger partial charge in [0.25, 0.3) is 0 Å². The molecule has 0 radical (unpaired) electrons. The molecule has 1 saturated heterocycles. The summed E-state index contributed by atoms with van der Waals surface area (Å²) >= 11 is 0. The summed E-state index contributed by atoms with van der Waals surface area (Å²) < 4.78 is 33.1. The smallest absolute Gasteiger partial charge is 0.341 e. The third-order valence-corrected chi connectivity index (χ3v) is 6.84. The van der Waals surface area contributed by atoms with Gasteiger partial charge in [-0.1, -0.05) is 24.8 Å². The number of fused-ring (bicyclic) bond motifs is 2. The number of benzene rings is 1. The van der Waals surface area contributed by atoms with E-state index in [-0.39, 0.29) is 46.1 Å². The third kappa shape index (κ3) is 2.92. The van der Waals surface area contributed by atoms with Crippen LogP contribution < -0.4 is 16.1 Å². The minimum atomic E-state index is -1.42. The van der Waals surface area contributed by atoms with E-state index in [0.29, 0.717) is 13.1 Å². The van der Waals surface area contributed by atoms with Gasteiger partial charge < -0.3 is 20.3 Å². The average Bonchev–Trinajstić information content (AvgIpc) is 3.48. The summed E-state index contributed by atoms with van der Waals surface area (Å²) in [6.07, 6.45) is 8.57. The molecule has 5 rings (SSSR count). The van der Waals surface area contributed by atoms with Crippen molar-refractivity contribution in [1.29, 1.82) is 0 Å². The Morgan fingerprint density at radius 3 is 2.61 bits per heavy atom. The lowest BCUT2D eigenvalue weighted by molar-refractivity contribution is 0.0695. The molecule has 1 saturated carbocycles. The number of carboxylic acids is 1. The monoisotopic (exact) mass is 427 g/mol. The van der Waals surface area contributed by atoms with E-state index >= 15 is 8.78 Å². The maximum atomic E-state index is 16.0. The van der Waals surface area contributed by atoms with Crippen molar-refractivity contribution >= 4 is 28.6 Å². The molecule has 162 valence electrons. The zero-order valence-electron chi connectivity index (χ0n) is 16.9. The Balaban J connectivity index is 1.77. The second-order valence-electron chi connectivity index (χ2n) is 8.70. The van der Waals surface area contributed by atoms with Gasteiger partial charge in [0.2, 0.25) is 5.43 Å². The van der Waals surface area contributed by atoms with Crippen LogP contribution in [-0.2, 0) is 0 Å². The van der Waals surface area contributed by atoms with Crippen LogP contribution >= 0.6 is 0 Å². The van der Waals surface area contributed by atoms with E-state index in [2.05, 4.69) is 6.58 Å². The molecule has 3 atom stereocenters. The molecular weight excluding hydrogens is 404 g/mol. The molecule has 0 bridgehead atoms. The van der Waals surface area contributed by atoms with Crippen molar-refractivity contribution in [2.24, 2.45) is 17.6 Å². The zero-order chi connectivity index (χ0) is 22.0. The van der Waals surface area contributed by atoms with Crippen molar-refractivity contribution in [2.45, 2.75) is 31.3 Å². The molecule has 3 N–H and O–H groups in total. The number of nitrogens with zero attached hydrogens (tertiary/aromatic N) is 2. The van der Waals surface area contributed by atoms with Crippen molar-refractivity contribution in [2.75, 3.05) is 18.0 Å². The molecular formula is C23H23F2N3O3. The summed E-state index contributed by atoms with van der Waals surface area (Å²) in [7, 11) is 0. The molecule has 0 spiro atoms. The molecule has 1 aliphatic heterocycles. The third-order valence-electron chi connectivity index (χ3n) is 6.84. The number of carbonyl (C=O) groups is 1. The van der Waals surface area contributed by atoms with E-state index in [1.54, 1.807) is 4.90 Å². The van der Waals surface area contributed by atoms with Gasteiger partial charge in [-0.15, -0.1) is 0 Å². The van der Waals surface area contributed by atoms with E-state index < -0.39 is 28.6 Å². The van der Waals surface area contributed by atoms with E-state index in [9.17, 15) is 14.7 Å². The first kappa shape index (κ1) is 19.9. The van der Waals surface area contributed by atoms with Crippen LogP contribution in [0.5, 0.6) is 0 Å². The van der Waals surface area contributed by atoms with Gasteiger partial charge in [-0.2, -0.15) is 0 Å². The van der Waals surface area contributed by atoms with Gasteiger partial charge in [-0.3, -0.25) is 4.79 Å². The quantitative estimate of drug-likeness (QED) is 0.731. The second kappa shape index (κ2) is 7.02. The summed E-state index contributed by atoms with van der Waals surface area (Å²) in [5, 5.41) is 9.20. The SMILES string of the molecule is C=Cc1c(F)c(N2CC3CC=CC(N)C3C2)c(F)c2c1c(=O)c(C(=O)O)cn2C1CC1. The van der Waals surface area contributed by atoms with Crippen LogP contribution in [-0.4, -0.2) is 34.8 Å². The number of halogens is 2.